The average molecular weight is 342 g/mol. The number of alkyl halides is 2. The van der Waals surface area contributed by atoms with Crippen molar-refractivity contribution in [1.29, 1.82) is 5.26 Å². The molecule has 0 saturated carbocycles. The van der Waals surface area contributed by atoms with Crippen LogP contribution in [-0.2, 0) is 13.0 Å². The van der Waals surface area contributed by atoms with Gasteiger partial charge in [-0.05, 0) is 29.8 Å². The molecule has 1 aromatic carbocycles. The van der Waals surface area contributed by atoms with Crippen LogP contribution in [0, 0.1) is 11.3 Å². The highest BCUT2D eigenvalue weighted by molar-refractivity contribution is 5.50. The maximum absolute atomic E-state index is 12.5. The zero-order valence-electron chi connectivity index (χ0n) is 12.9. The Bertz CT molecular complexity index is 888. The number of hydrogen-bond donors (Lipinski definition) is 0. The molecule has 0 spiro atoms. The monoisotopic (exact) mass is 342 g/mol. The van der Waals surface area contributed by atoms with Gasteiger partial charge >= 0.3 is 6.43 Å². The molecule has 25 heavy (non-hydrogen) atoms. The van der Waals surface area contributed by atoms with Crippen molar-refractivity contribution in [2.75, 3.05) is 0 Å². The minimum absolute atomic E-state index is 0.0144. The zero-order chi connectivity index (χ0) is 17.6. The number of pyridine rings is 1. The normalized spacial score (nSPS) is 10.6. The number of nitrogens with zero attached hydrogens (tertiary/aromatic N) is 4. The van der Waals surface area contributed by atoms with E-state index in [4.69, 9.17) is 14.4 Å². The van der Waals surface area contributed by atoms with E-state index in [0.29, 0.717) is 23.4 Å². The first-order chi connectivity index (χ1) is 12.2. The lowest BCUT2D eigenvalue weighted by molar-refractivity contribution is 0.116. The van der Waals surface area contributed by atoms with Crippen molar-refractivity contribution in [2.45, 2.75) is 19.5 Å². The molecule has 126 valence electrons. The Morgan fingerprint density at radius 1 is 1.20 bits per heavy atom. The molecule has 0 unspecified atom stereocenters. The van der Waals surface area contributed by atoms with E-state index in [1.165, 1.54) is 6.20 Å². The van der Waals surface area contributed by atoms with Crippen molar-refractivity contribution < 1.29 is 17.9 Å². The predicted octanol–water partition coefficient (Wildman–Crippen LogP) is 3.71. The van der Waals surface area contributed by atoms with Crippen molar-refractivity contribution in [3.8, 4) is 23.3 Å². The minimum Gasteiger partial charge on any atom is -0.487 e. The predicted molar refractivity (Wildman–Crippen MR) is 82.6 cm³/mol. The van der Waals surface area contributed by atoms with Crippen LogP contribution < -0.4 is 4.74 Å². The van der Waals surface area contributed by atoms with E-state index in [9.17, 15) is 8.78 Å². The van der Waals surface area contributed by atoms with Crippen LogP contribution in [-0.4, -0.2) is 15.2 Å². The third-order valence-electron chi connectivity index (χ3n) is 3.27. The van der Waals surface area contributed by atoms with Gasteiger partial charge in [0, 0.05) is 6.20 Å². The molecule has 6 nitrogen and oxygen atoms in total. The number of hydrogen-bond acceptors (Lipinski definition) is 6. The second kappa shape index (κ2) is 7.49. The lowest BCUT2D eigenvalue weighted by atomic mass is 10.1. The summed E-state index contributed by atoms with van der Waals surface area (Å²) in [6, 6.07) is 12.6. The first-order valence-electron chi connectivity index (χ1n) is 7.31. The third kappa shape index (κ3) is 4.14. The number of ether oxygens (including phenoxy) is 1. The fourth-order valence-corrected chi connectivity index (χ4v) is 2.07. The van der Waals surface area contributed by atoms with Crippen molar-refractivity contribution in [3.63, 3.8) is 0 Å². The van der Waals surface area contributed by atoms with Crippen LogP contribution in [0.2, 0.25) is 0 Å². The molecule has 0 bridgehead atoms. The molecular formula is C17H12F2N4O2. The standard InChI is InChI=1S/C17H12F2N4O2/c18-15(19)17-23-22-16(25-17)12-4-5-13(21-9-12)10-24-14-3-1-2-11(8-14)6-7-20/h1-5,8-9,15H,6,10H2. The highest BCUT2D eigenvalue weighted by Gasteiger charge is 2.17. The van der Waals surface area contributed by atoms with Crippen molar-refractivity contribution in [3.05, 3.63) is 59.7 Å². The summed E-state index contributed by atoms with van der Waals surface area (Å²) in [5, 5.41) is 15.5. The van der Waals surface area contributed by atoms with Crippen LogP contribution in [0.25, 0.3) is 11.5 Å². The summed E-state index contributed by atoms with van der Waals surface area (Å²) >= 11 is 0. The molecule has 0 N–H and O–H groups in total. The SMILES string of the molecule is N#CCc1cccc(OCc2ccc(-c3nnc(C(F)F)o3)cn2)c1. The molecule has 0 amide bonds. The zero-order valence-corrected chi connectivity index (χ0v) is 12.9. The van der Waals surface area contributed by atoms with E-state index < -0.39 is 12.3 Å². The molecule has 2 aromatic heterocycles. The van der Waals surface area contributed by atoms with Crippen LogP contribution in [0.15, 0.2) is 47.0 Å². The first-order valence-corrected chi connectivity index (χ1v) is 7.31. The Hall–Kier alpha value is -3.34. The van der Waals surface area contributed by atoms with Gasteiger partial charge in [-0.2, -0.15) is 14.0 Å². The fourth-order valence-electron chi connectivity index (χ4n) is 2.07. The van der Waals surface area contributed by atoms with E-state index in [1.807, 2.05) is 12.1 Å². The van der Waals surface area contributed by atoms with E-state index >= 15 is 0 Å². The van der Waals surface area contributed by atoms with Crippen LogP contribution in [0.5, 0.6) is 5.75 Å². The van der Waals surface area contributed by atoms with Crippen molar-refractivity contribution >= 4 is 0 Å². The maximum Gasteiger partial charge on any atom is 0.314 e. The average Bonchev–Trinajstić information content (AvgIpc) is 3.12. The van der Waals surface area contributed by atoms with Crippen LogP contribution in [0.3, 0.4) is 0 Å². The Balaban J connectivity index is 1.64. The second-order valence-electron chi connectivity index (χ2n) is 5.06. The summed E-state index contributed by atoms with van der Waals surface area (Å²) in [5.41, 5.74) is 1.96. The molecule has 0 fully saturated rings. The largest absolute Gasteiger partial charge is 0.487 e. The minimum atomic E-state index is -2.81. The van der Waals surface area contributed by atoms with Gasteiger partial charge in [0.1, 0.15) is 12.4 Å². The van der Waals surface area contributed by atoms with Gasteiger partial charge in [0.25, 0.3) is 5.89 Å². The Labute approximate surface area is 141 Å². The lowest BCUT2D eigenvalue weighted by Crippen LogP contribution is -1.98. The van der Waals surface area contributed by atoms with Gasteiger partial charge < -0.3 is 9.15 Å². The second-order valence-corrected chi connectivity index (χ2v) is 5.06. The molecule has 0 aliphatic carbocycles. The molecule has 3 aromatic rings. The molecule has 0 aliphatic rings. The van der Waals surface area contributed by atoms with Gasteiger partial charge in [-0.25, -0.2) is 0 Å². The fraction of sp³-hybridized carbons (Fsp3) is 0.176. The first kappa shape index (κ1) is 16.5. The lowest BCUT2D eigenvalue weighted by Gasteiger charge is -2.07. The number of halogens is 2. The number of nitriles is 1. The Morgan fingerprint density at radius 3 is 2.76 bits per heavy atom. The summed E-state index contributed by atoms with van der Waals surface area (Å²) in [6.45, 7) is 0.225. The molecule has 0 atom stereocenters. The van der Waals surface area contributed by atoms with Gasteiger partial charge in [-0.3, -0.25) is 4.98 Å². The smallest absolute Gasteiger partial charge is 0.314 e. The molecule has 0 aliphatic heterocycles. The number of aromatic nitrogens is 3. The number of rotatable bonds is 6. The van der Waals surface area contributed by atoms with Gasteiger partial charge in [-0.15, -0.1) is 10.2 Å². The summed E-state index contributed by atoms with van der Waals surface area (Å²) in [5.74, 6) is -0.101. The van der Waals surface area contributed by atoms with Gasteiger partial charge in [0.2, 0.25) is 5.89 Å². The summed E-state index contributed by atoms with van der Waals surface area (Å²) in [6.07, 6.45) is -1.04. The highest BCUT2D eigenvalue weighted by Crippen LogP contribution is 2.23. The molecule has 2 heterocycles. The Morgan fingerprint density at radius 2 is 2.08 bits per heavy atom. The molecule has 0 radical (unpaired) electrons. The summed E-state index contributed by atoms with van der Waals surface area (Å²) in [7, 11) is 0. The van der Waals surface area contributed by atoms with Gasteiger partial charge in [0.15, 0.2) is 0 Å². The van der Waals surface area contributed by atoms with Gasteiger partial charge in [0.05, 0.1) is 23.7 Å². The van der Waals surface area contributed by atoms with E-state index in [0.717, 1.165) is 5.56 Å². The van der Waals surface area contributed by atoms with Crippen LogP contribution in [0.1, 0.15) is 23.6 Å². The van der Waals surface area contributed by atoms with E-state index in [2.05, 4.69) is 21.3 Å². The number of benzene rings is 1. The molecule has 0 saturated heterocycles. The van der Waals surface area contributed by atoms with E-state index in [1.54, 1.807) is 24.3 Å². The summed E-state index contributed by atoms with van der Waals surface area (Å²) in [4.78, 5) is 4.19. The topological polar surface area (TPSA) is 84.8 Å². The van der Waals surface area contributed by atoms with Crippen molar-refractivity contribution in [2.24, 2.45) is 0 Å². The van der Waals surface area contributed by atoms with Gasteiger partial charge in [-0.1, -0.05) is 12.1 Å². The van der Waals surface area contributed by atoms with Crippen LogP contribution in [0.4, 0.5) is 8.78 Å². The van der Waals surface area contributed by atoms with Crippen LogP contribution >= 0.6 is 0 Å². The highest BCUT2D eigenvalue weighted by atomic mass is 19.3. The molecule has 3 rings (SSSR count). The quantitative estimate of drug-likeness (QED) is 0.679. The van der Waals surface area contributed by atoms with Crippen molar-refractivity contribution in [1.82, 2.24) is 15.2 Å². The van der Waals surface area contributed by atoms with E-state index in [-0.39, 0.29) is 12.5 Å². The summed E-state index contributed by atoms with van der Waals surface area (Å²) < 4.78 is 35.4. The molecule has 8 heteroatoms. The molecular weight excluding hydrogens is 330 g/mol. The Kier molecular flexibility index (Phi) is 4.95. The third-order valence-corrected chi connectivity index (χ3v) is 3.27. The maximum atomic E-state index is 12.5.